The van der Waals surface area contributed by atoms with Crippen LogP contribution in [-0.4, -0.2) is 27.2 Å². The molecule has 0 amide bonds. The molecule has 0 aliphatic rings. The van der Waals surface area contributed by atoms with Gasteiger partial charge in [-0.25, -0.2) is 4.98 Å². The molecule has 2 heterocycles. The van der Waals surface area contributed by atoms with Crippen molar-refractivity contribution in [3.63, 3.8) is 0 Å². The zero-order valence-electron chi connectivity index (χ0n) is 13.0. The Balaban J connectivity index is 1.99. The molecule has 9 heteroatoms. The summed E-state index contributed by atoms with van der Waals surface area (Å²) in [4.78, 5) is 7.70. The molecular formula is C15H15F3N6. The van der Waals surface area contributed by atoms with Gasteiger partial charge in [0, 0.05) is 24.3 Å². The van der Waals surface area contributed by atoms with E-state index >= 15 is 0 Å². The van der Waals surface area contributed by atoms with Crippen LogP contribution in [0, 0.1) is 0 Å². The quantitative estimate of drug-likeness (QED) is 0.677. The number of fused-ring (bicyclic) bond motifs is 1. The first kappa shape index (κ1) is 16.0. The van der Waals surface area contributed by atoms with Crippen molar-refractivity contribution < 1.29 is 13.2 Å². The van der Waals surface area contributed by atoms with Gasteiger partial charge in [0.1, 0.15) is 11.4 Å². The molecule has 3 rings (SSSR count). The van der Waals surface area contributed by atoms with Crippen LogP contribution in [0.1, 0.15) is 18.1 Å². The number of hydrogen-bond acceptors (Lipinski definition) is 5. The number of nitrogens with zero attached hydrogens (tertiary/aromatic N) is 3. The second-order valence-electron chi connectivity index (χ2n) is 5.15. The predicted octanol–water partition coefficient (Wildman–Crippen LogP) is 3.72. The Bertz CT molecular complexity index is 871. The van der Waals surface area contributed by atoms with Crippen molar-refractivity contribution in [3.8, 4) is 0 Å². The lowest BCUT2D eigenvalue weighted by Gasteiger charge is -2.14. The third-order valence-corrected chi connectivity index (χ3v) is 3.62. The lowest BCUT2D eigenvalue weighted by Crippen LogP contribution is -2.12. The average Bonchev–Trinajstić information content (AvgIpc) is 3.00. The summed E-state index contributed by atoms with van der Waals surface area (Å²) in [5.41, 5.74) is 1.61. The molecule has 1 aromatic carbocycles. The van der Waals surface area contributed by atoms with E-state index in [9.17, 15) is 13.2 Å². The third-order valence-electron chi connectivity index (χ3n) is 3.62. The Morgan fingerprint density at radius 1 is 1.21 bits per heavy atom. The first-order chi connectivity index (χ1) is 11.4. The summed E-state index contributed by atoms with van der Waals surface area (Å²) in [7, 11) is 1.38. The average molecular weight is 336 g/mol. The minimum atomic E-state index is -4.51. The maximum atomic E-state index is 12.9. The molecule has 3 aromatic rings. The number of rotatable bonds is 4. The number of aromatic nitrogens is 4. The largest absolute Gasteiger partial charge is 0.421 e. The first-order valence-electron chi connectivity index (χ1n) is 7.27. The minimum Gasteiger partial charge on any atom is -0.372 e. The van der Waals surface area contributed by atoms with Gasteiger partial charge in [-0.3, -0.25) is 5.10 Å². The molecule has 2 aromatic heterocycles. The summed E-state index contributed by atoms with van der Waals surface area (Å²) in [6.45, 7) is 1.99. The molecule has 6 nitrogen and oxygen atoms in total. The number of anilines is 3. The predicted molar refractivity (Wildman–Crippen MR) is 85.3 cm³/mol. The van der Waals surface area contributed by atoms with Crippen molar-refractivity contribution in [2.24, 2.45) is 0 Å². The molecule has 126 valence electrons. The molecule has 24 heavy (non-hydrogen) atoms. The van der Waals surface area contributed by atoms with Crippen LogP contribution in [0.4, 0.5) is 30.6 Å². The highest BCUT2D eigenvalue weighted by molar-refractivity contribution is 5.84. The van der Waals surface area contributed by atoms with Crippen molar-refractivity contribution in [1.29, 1.82) is 0 Å². The van der Waals surface area contributed by atoms with Crippen LogP contribution in [0.25, 0.3) is 10.9 Å². The van der Waals surface area contributed by atoms with Crippen LogP contribution >= 0.6 is 0 Å². The Morgan fingerprint density at radius 2 is 2.00 bits per heavy atom. The first-order valence-corrected chi connectivity index (χ1v) is 7.27. The molecule has 0 fully saturated rings. The van der Waals surface area contributed by atoms with E-state index in [2.05, 4.69) is 30.8 Å². The fraction of sp³-hybridized carbons (Fsp3) is 0.267. The summed E-state index contributed by atoms with van der Waals surface area (Å²) in [5, 5.41) is 13.2. The second kappa shape index (κ2) is 5.99. The van der Waals surface area contributed by atoms with Gasteiger partial charge in [-0.2, -0.15) is 23.3 Å². The van der Waals surface area contributed by atoms with Gasteiger partial charge in [0.25, 0.3) is 0 Å². The lowest BCUT2D eigenvalue weighted by molar-refractivity contribution is -0.137. The molecule has 0 radical (unpaired) electrons. The van der Waals surface area contributed by atoms with Crippen LogP contribution < -0.4 is 10.6 Å². The number of H-pyrrole nitrogens is 1. The number of hydrogen-bond donors (Lipinski definition) is 3. The molecule has 0 saturated heterocycles. The maximum absolute atomic E-state index is 12.9. The zero-order valence-corrected chi connectivity index (χ0v) is 13.0. The molecule has 0 bridgehead atoms. The molecule has 3 N–H and O–H groups in total. The Morgan fingerprint density at radius 3 is 2.67 bits per heavy atom. The Hall–Kier alpha value is -2.84. The standard InChI is InChI=1S/C15H15F3N6/c1-3-8-4-9-6-21-24-12(9)5-11(8)22-14-20-7-10(15(16,17)18)13(19-2)23-14/h4-7H,3H2,1-2H3,(H,21,24)(H2,19,20,22,23). The van der Waals surface area contributed by atoms with Crippen LogP contribution in [0.3, 0.4) is 0 Å². The van der Waals surface area contributed by atoms with Gasteiger partial charge < -0.3 is 10.6 Å². The van der Waals surface area contributed by atoms with E-state index in [0.717, 1.165) is 34.8 Å². The van der Waals surface area contributed by atoms with Crippen molar-refractivity contribution in [3.05, 3.63) is 35.7 Å². The molecule has 0 aliphatic carbocycles. The van der Waals surface area contributed by atoms with Gasteiger partial charge >= 0.3 is 6.18 Å². The summed E-state index contributed by atoms with van der Waals surface area (Å²) >= 11 is 0. The smallest absolute Gasteiger partial charge is 0.372 e. The van der Waals surface area contributed by atoms with E-state index in [4.69, 9.17) is 0 Å². The van der Waals surface area contributed by atoms with E-state index in [1.54, 1.807) is 6.20 Å². The molecule has 0 unspecified atom stereocenters. The molecular weight excluding hydrogens is 321 g/mol. The maximum Gasteiger partial charge on any atom is 0.421 e. The van der Waals surface area contributed by atoms with Crippen molar-refractivity contribution in [2.45, 2.75) is 19.5 Å². The summed E-state index contributed by atoms with van der Waals surface area (Å²) < 4.78 is 38.7. The summed E-state index contributed by atoms with van der Waals surface area (Å²) in [5.74, 6) is -0.193. The third kappa shape index (κ3) is 2.97. The Kier molecular flexibility index (Phi) is 4.00. The summed E-state index contributed by atoms with van der Waals surface area (Å²) in [6.07, 6.45) is -1.29. The highest BCUT2D eigenvalue weighted by Crippen LogP contribution is 2.34. The van der Waals surface area contributed by atoms with Gasteiger partial charge in [0.2, 0.25) is 5.95 Å². The minimum absolute atomic E-state index is 0.0842. The number of benzene rings is 1. The van der Waals surface area contributed by atoms with Crippen molar-refractivity contribution in [2.75, 3.05) is 17.7 Å². The fourth-order valence-electron chi connectivity index (χ4n) is 2.41. The highest BCUT2D eigenvalue weighted by Gasteiger charge is 2.35. The fourth-order valence-corrected chi connectivity index (χ4v) is 2.41. The lowest BCUT2D eigenvalue weighted by atomic mass is 10.1. The number of halogens is 3. The number of alkyl halides is 3. The zero-order chi connectivity index (χ0) is 17.3. The molecule has 0 spiro atoms. The molecule has 0 atom stereocenters. The van der Waals surface area contributed by atoms with Crippen molar-refractivity contribution >= 4 is 28.4 Å². The number of aromatic amines is 1. The van der Waals surface area contributed by atoms with Gasteiger partial charge in [0.05, 0.1) is 11.7 Å². The normalized spacial score (nSPS) is 11.7. The monoisotopic (exact) mass is 336 g/mol. The summed E-state index contributed by atoms with van der Waals surface area (Å²) in [6, 6.07) is 3.80. The van der Waals surface area contributed by atoms with E-state index in [0.29, 0.717) is 0 Å². The van der Waals surface area contributed by atoms with Gasteiger partial charge in [0.15, 0.2) is 0 Å². The number of aryl methyl sites for hydroxylation is 1. The van der Waals surface area contributed by atoms with Gasteiger partial charge in [-0.05, 0) is 24.1 Å². The van der Waals surface area contributed by atoms with Crippen LogP contribution in [0.5, 0.6) is 0 Å². The van der Waals surface area contributed by atoms with Crippen LogP contribution in [-0.2, 0) is 12.6 Å². The highest BCUT2D eigenvalue weighted by atomic mass is 19.4. The van der Waals surface area contributed by atoms with Crippen LogP contribution in [0.15, 0.2) is 24.5 Å². The van der Waals surface area contributed by atoms with Gasteiger partial charge in [-0.1, -0.05) is 6.92 Å². The van der Waals surface area contributed by atoms with E-state index in [-0.39, 0.29) is 11.8 Å². The molecule has 0 aliphatic heterocycles. The van der Waals surface area contributed by atoms with E-state index in [1.807, 2.05) is 19.1 Å². The van der Waals surface area contributed by atoms with Crippen molar-refractivity contribution in [1.82, 2.24) is 20.2 Å². The number of nitrogens with one attached hydrogen (secondary N) is 3. The van der Waals surface area contributed by atoms with Gasteiger partial charge in [-0.15, -0.1) is 0 Å². The topological polar surface area (TPSA) is 78.5 Å². The second-order valence-corrected chi connectivity index (χ2v) is 5.15. The van der Waals surface area contributed by atoms with Crippen LogP contribution in [0.2, 0.25) is 0 Å². The van der Waals surface area contributed by atoms with E-state index in [1.165, 1.54) is 7.05 Å². The Labute approximate surface area is 135 Å². The SMILES string of the molecule is CCc1cc2cn[nH]c2cc1Nc1ncc(C(F)(F)F)c(NC)n1. The van der Waals surface area contributed by atoms with E-state index < -0.39 is 11.7 Å². The molecule has 0 saturated carbocycles.